The van der Waals surface area contributed by atoms with Gasteiger partial charge < -0.3 is 10.6 Å². The van der Waals surface area contributed by atoms with Crippen molar-refractivity contribution >= 4 is 6.21 Å². The second-order valence-corrected chi connectivity index (χ2v) is 8.33. The molecule has 3 N–H and O–H groups in total. The maximum absolute atomic E-state index is 15.0. The number of aromatic nitrogens is 1. The van der Waals surface area contributed by atoms with Crippen LogP contribution in [0.25, 0.3) is 11.3 Å². The lowest BCUT2D eigenvalue weighted by Crippen LogP contribution is -2.49. The Hall–Kier alpha value is -3.17. The zero-order chi connectivity index (χ0) is 23.8. The summed E-state index contributed by atoms with van der Waals surface area (Å²) in [4.78, 5) is 4.00. The van der Waals surface area contributed by atoms with Crippen molar-refractivity contribution in [3.63, 3.8) is 0 Å². The summed E-state index contributed by atoms with van der Waals surface area (Å²) in [6, 6.07) is 4.15. The molecule has 3 heterocycles. The number of hydrazone groups is 1. The molecule has 0 amide bonds. The number of benzene rings is 1. The SMILES string of the molecule is CCC1CC(NC(C)c2cc(F)c(-c3cc(C4(C(F)(F)F)CC=NN4)ccn3)cc2F)=CN1. The third-order valence-corrected chi connectivity index (χ3v) is 6.16. The quantitative estimate of drug-likeness (QED) is 0.524. The molecule has 33 heavy (non-hydrogen) atoms. The number of rotatable bonds is 6. The number of hydrogen-bond donors (Lipinski definition) is 3. The maximum atomic E-state index is 15.0. The van der Waals surface area contributed by atoms with Gasteiger partial charge in [0.15, 0.2) is 5.54 Å². The number of hydrogen-bond acceptors (Lipinski definition) is 5. The predicted octanol–water partition coefficient (Wildman–Crippen LogP) is 5.03. The molecule has 3 atom stereocenters. The smallest absolute Gasteiger partial charge is 0.386 e. The summed E-state index contributed by atoms with van der Waals surface area (Å²) in [6.45, 7) is 3.77. The largest absolute Gasteiger partial charge is 0.417 e. The highest BCUT2D eigenvalue weighted by atomic mass is 19.4. The van der Waals surface area contributed by atoms with Crippen molar-refractivity contribution in [1.29, 1.82) is 0 Å². The van der Waals surface area contributed by atoms with E-state index in [4.69, 9.17) is 0 Å². The minimum atomic E-state index is -4.66. The van der Waals surface area contributed by atoms with Crippen molar-refractivity contribution in [3.8, 4) is 11.3 Å². The van der Waals surface area contributed by atoms with Crippen LogP contribution in [0.1, 0.15) is 50.3 Å². The summed E-state index contributed by atoms with van der Waals surface area (Å²) in [5.74, 6) is -1.45. The third kappa shape index (κ3) is 4.26. The topological polar surface area (TPSA) is 61.3 Å². The summed E-state index contributed by atoms with van der Waals surface area (Å²) in [6.07, 6.45) is 0.752. The van der Waals surface area contributed by atoms with E-state index in [0.29, 0.717) is 6.04 Å². The van der Waals surface area contributed by atoms with Crippen molar-refractivity contribution in [1.82, 2.24) is 21.0 Å². The Morgan fingerprint density at radius 1 is 1.21 bits per heavy atom. The van der Waals surface area contributed by atoms with Crippen LogP contribution in [-0.2, 0) is 5.54 Å². The molecule has 4 rings (SSSR count). The molecule has 0 bridgehead atoms. The van der Waals surface area contributed by atoms with E-state index in [-0.39, 0.29) is 22.4 Å². The van der Waals surface area contributed by atoms with E-state index in [1.54, 1.807) is 6.92 Å². The normalized spacial score (nSPS) is 23.1. The minimum Gasteiger partial charge on any atom is -0.386 e. The average Bonchev–Trinajstić information content (AvgIpc) is 3.45. The van der Waals surface area contributed by atoms with E-state index in [0.717, 1.165) is 49.1 Å². The average molecular weight is 465 g/mol. The van der Waals surface area contributed by atoms with Gasteiger partial charge >= 0.3 is 6.18 Å². The van der Waals surface area contributed by atoms with Crippen molar-refractivity contribution < 1.29 is 22.0 Å². The number of nitrogens with one attached hydrogen (secondary N) is 3. The first-order valence-electron chi connectivity index (χ1n) is 10.7. The fourth-order valence-electron chi connectivity index (χ4n) is 4.16. The molecule has 2 aliphatic heterocycles. The van der Waals surface area contributed by atoms with E-state index < -0.39 is 35.8 Å². The molecule has 0 radical (unpaired) electrons. The Kier molecular flexibility index (Phi) is 6.02. The first-order chi connectivity index (χ1) is 15.6. The summed E-state index contributed by atoms with van der Waals surface area (Å²) >= 11 is 0. The van der Waals surface area contributed by atoms with E-state index >= 15 is 4.39 Å². The highest BCUT2D eigenvalue weighted by Crippen LogP contribution is 2.43. The van der Waals surface area contributed by atoms with Crippen molar-refractivity contribution in [2.45, 2.75) is 56.9 Å². The Balaban J connectivity index is 1.62. The lowest BCUT2D eigenvalue weighted by Gasteiger charge is -2.31. The molecule has 176 valence electrons. The van der Waals surface area contributed by atoms with Gasteiger partial charge in [0.1, 0.15) is 11.6 Å². The van der Waals surface area contributed by atoms with Crippen LogP contribution in [-0.4, -0.2) is 23.4 Å². The summed E-state index contributed by atoms with van der Waals surface area (Å²) in [5.41, 5.74) is 0.222. The lowest BCUT2D eigenvalue weighted by molar-refractivity contribution is -0.196. The van der Waals surface area contributed by atoms with E-state index in [1.165, 1.54) is 6.07 Å². The van der Waals surface area contributed by atoms with E-state index in [2.05, 4.69) is 33.1 Å². The third-order valence-electron chi connectivity index (χ3n) is 6.16. The van der Waals surface area contributed by atoms with Crippen LogP contribution in [0.4, 0.5) is 22.0 Å². The number of pyridine rings is 1. The molecule has 3 unspecified atom stereocenters. The molecule has 0 spiro atoms. The Morgan fingerprint density at radius 2 is 2.00 bits per heavy atom. The molecule has 0 saturated heterocycles. The van der Waals surface area contributed by atoms with Gasteiger partial charge in [-0.05, 0) is 43.2 Å². The standard InChI is InChI=1S/C23H24F5N5/c1-3-15-9-16(12-30-15)32-13(2)17-10-20(25)18(11-19(17)24)21-8-14(4-6-29-21)22(23(26,27)28)5-7-31-33-22/h4,6-8,10-13,15,30,32-33H,3,5,9H2,1-2H3. The van der Waals surface area contributed by atoms with Gasteiger partial charge in [0.25, 0.3) is 0 Å². The zero-order valence-corrected chi connectivity index (χ0v) is 18.1. The summed E-state index contributed by atoms with van der Waals surface area (Å²) in [7, 11) is 0. The van der Waals surface area contributed by atoms with Gasteiger partial charge in [-0.25, -0.2) is 8.78 Å². The fourth-order valence-corrected chi connectivity index (χ4v) is 4.16. The van der Waals surface area contributed by atoms with Gasteiger partial charge in [-0.2, -0.15) is 18.3 Å². The molecule has 5 nitrogen and oxygen atoms in total. The van der Waals surface area contributed by atoms with Crippen LogP contribution in [0.2, 0.25) is 0 Å². The zero-order valence-electron chi connectivity index (χ0n) is 18.1. The van der Waals surface area contributed by atoms with Crippen LogP contribution in [0.15, 0.2) is 47.5 Å². The first kappa shape index (κ1) is 23.0. The number of halogens is 5. The molecular weight excluding hydrogens is 441 g/mol. The summed E-state index contributed by atoms with van der Waals surface area (Å²) in [5, 5.41) is 9.93. The Labute approximate surface area is 188 Å². The Morgan fingerprint density at radius 3 is 2.64 bits per heavy atom. The van der Waals surface area contributed by atoms with Crippen LogP contribution in [0.3, 0.4) is 0 Å². The number of nitrogens with zero attached hydrogens (tertiary/aromatic N) is 2. The van der Waals surface area contributed by atoms with Crippen LogP contribution >= 0.6 is 0 Å². The van der Waals surface area contributed by atoms with Gasteiger partial charge in [0.2, 0.25) is 0 Å². The molecular formula is C23H24F5N5. The second-order valence-electron chi connectivity index (χ2n) is 8.33. The molecule has 1 aromatic heterocycles. The van der Waals surface area contributed by atoms with Gasteiger partial charge in [-0.15, -0.1) is 0 Å². The predicted molar refractivity (Wildman–Crippen MR) is 115 cm³/mol. The highest BCUT2D eigenvalue weighted by molar-refractivity contribution is 5.65. The molecule has 2 aliphatic rings. The minimum absolute atomic E-state index is 0.0955. The molecule has 1 aromatic carbocycles. The monoisotopic (exact) mass is 465 g/mol. The number of alkyl halides is 3. The molecule has 0 fully saturated rings. The van der Waals surface area contributed by atoms with Crippen molar-refractivity contribution in [3.05, 3.63) is 65.1 Å². The van der Waals surface area contributed by atoms with Gasteiger partial charge in [0.05, 0.1) is 11.7 Å². The first-order valence-corrected chi connectivity index (χ1v) is 10.7. The van der Waals surface area contributed by atoms with Gasteiger partial charge in [0, 0.05) is 54.3 Å². The van der Waals surface area contributed by atoms with Gasteiger partial charge in [-0.1, -0.05) is 6.92 Å². The molecule has 0 saturated carbocycles. The maximum Gasteiger partial charge on any atom is 0.417 e. The van der Waals surface area contributed by atoms with E-state index in [9.17, 15) is 17.6 Å². The fraction of sp³-hybridized carbons (Fsp3) is 0.391. The molecule has 0 aliphatic carbocycles. The molecule has 2 aromatic rings. The van der Waals surface area contributed by atoms with E-state index in [1.807, 2.05) is 6.20 Å². The van der Waals surface area contributed by atoms with Crippen molar-refractivity contribution in [2.24, 2.45) is 5.10 Å². The second kappa shape index (κ2) is 8.64. The van der Waals surface area contributed by atoms with Crippen molar-refractivity contribution in [2.75, 3.05) is 0 Å². The van der Waals surface area contributed by atoms with Crippen LogP contribution in [0, 0.1) is 11.6 Å². The van der Waals surface area contributed by atoms with Gasteiger partial charge in [-0.3, -0.25) is 10.4 Å². The van der Waals surface area contributed by atoms with Crippen LogP contribution < -0.4 is 16.1 Å². The Bertz CT molecular complexity index is 1090. The molecule has 10 heteroatoms. The van der Waals surface area contributed by atoms with Crippen LogP contribution in [0.5, 0.6) is 0 Å². The lowest BCUT2D eigenvalue weighted by atomic mass is 9.87. The highest BCUT2D eigenvalue weighted by Gasteiger charge is 2.57. The summed E-state index contributed by atoms with van der Waals surface area (Å²) < 4.78 is 71.5.